The van der Waals surface area contributed by atoms with Crippen LogP contribution in [0, 0.1) is 0 Å². The second-order valence-corrected chi connectivity index (χ2v) is 14.2. The largest absolute Gasteiger partial charge is 0.489 e. The molecular weight excluding hydrogens is 685 g/mol. The van der Waals surface area contributed by atoms with Gasteiger partial charge in [-0.2, -0.15) is 0 Å². The van der Waals surface area contributed by atoms with Gasteiger partial charge >= 0.3 is 0 Å². The molecule has 10 rings (SSSR count). The van der Waals surface area contributed by atoms with Gasteiger partial charge in [-0.3, -0.25) is 4.98 Å². The van der Waals surface area contributed by atoms with Gasteiger partial charge in [0, 0.05) is 45.6 Å². The number of fused-ring (bicyclic) bond motifs is 7. The Labute approximate surface area is 325 Å². The molecule has 1 aliphatic heterocycles. The highest BCUT2D eigenvalue weighted by Crippen LogP contribution is 2.40. The van der Waals surface area contributed by atoms with E-state index in [1.165, 1.54) is 32.3 Å². The lowest BCUT2D eigenvalue weighted by atomic mass is 9.86. The second kappa shape index (κ2) is 14.2. The van der Waals surface area contributed by atoms with Gasteiger partial charge in [0.1, 0.15) is 12.4 Å². The molecule has 2 aromatic heterocycles. The van der Waals surface area contributed by atoms with Crippen molar-refractivity contribution in [2.24, 2.45) is 0 Å². The molecule has 1 aliphatic carbocycles. The van der Waals surface area contributed by atoms with Crippen LogP contribution < -0.4 is 0 Å². The lowest BCUT2D eigenvalue weighted by Crippen LogP contribution is -2.11. The molecule has 5 nitrogen and oxygen atoms in total. The second-order valence-electron chi connectivity index (χ2n) is 14.2. The number of nitrogens with zero attached hydrogens (tertiary/aromatic N) is 4. The van der Waals surface area contributed by atoms with Crippen LogP contribution in [-0.2, 0) is 4.74 Å². The van der Waals surface area contributed by atoms with Gasteiger partial charge in [0.25, 0.3) is 0 Å². The van der Waals surface area contributed by atoms with Crippen molar-refractivity contribution in [1.29, 1.82) is 0 Å². The van der Waals surface area contributed by atoms with E-state index in [1.54, 1.807) is 0 Å². The maximum atomic E-state index is 6.30. The maximum Gasteiger partial charge on any atom is 0.164 e. The summed E-state index contributed by atoms with van der Waals surface area (Å²) in [6.07, 6.45) is 13.2. The van der Waals surface area contributed by atoms with Crippen LogP contribution in [0.2, 0.25) is 0 Å². The lowest BCUT2D eigenvalue weighted by Gasteiger charge is -2.24. The SMILES string of the molecule is C=C1C2=CC(c3ccc(-c4ccc5c6ccccc6c6ccccc6c5c4)cn3)CC=C2OC/C=C\C=C1c1nc(-c2ccccc2)nc(-c2ccccc2)n1. The third-order valence-corrected chi connectivity index (χ3v) is 10.8. The fourth-order valence-corrected chi connectivity index (χ4v) is 7.91. The Morgan fingerprint density at radius 2 is 1.11 bits per heavy atom. The van der Waals surface area contributed by atoms with Crippen molar-refractivity contribution in [2.75, 3.05) is 6.61 Å². The summed E-state index contributed by atoms with van der Waals surface area (Å²) in [5.74, 6) is 2.59. The average molecular weight is 721 g/mol. The molecule has 0 radical (unpaired) electrons. The van der Waals surface area contributed by atoms with Gasteiger partial charge in [-0.1, -0.05) is 152 Å². The summed E-state index contributed by atoms with van der Waals surface area (Å²) < 4.78 is 6.30. The van der Waals surface area contributed by atoms with Crippen LogP contribution >= 0.6 is 0 Å². The Hall–Kier alpha value is -7.24. The number of hydrogen-bond acceptors (Lipinski definition) is 5. The number of allylic oxidation sites excluding steroid dienone is 6. The molecule has 6 aromatic carbocycles. The van der Waals surface area contributed by atoms with Gasteiger partial charge in [-0.05, 0) is 74.2 Å². The van der Waals surface area contributed by atoms with Gasteiger partial charge in [-0.25, -0.2) is 15.0 Å². The van der Waals surface area contributed by atoms with Gasteiger partial charge in [0.15, 0.2) is 17.5 Å². The molecule has 8 aromatic rings. The Morgan fingerprint density at radius 1 is 0.536 bits per heavy atom. The molecule has 0 N–H and O–H groups in total. The van der Waals surface area contributed by atoms with E-state index in [1.807, 2.05) is 85.1 Å². The van der Waals surface area contributed by atoms with Crippen LogP contribution in [0.3, 0.4) is 0 Å². The molecule has 2 aliphatic rings. The average Bonchev–Trinajstić information content (AvgIpc) is 3.35. The molecular formula is C51H36N4O. The van der Waals surface area contributed by atoms with Crippen LogP contribution in [0.4, 0.5) is 0 Å². The minimum Gasteiger partial charge on any atom is -0.489 e. The summed E-state index contributed by atoms with van der Waals surface area (Å²) in [5.41, 5.74) is 7.55. The fourth-order valence-electron chi connectivity index (χ4n) is 7.91. The summed E-state index contributed by atoms with van der Waals surface area (Å²) in [4.78, 5) is 20.0. The van der Waals surface area contributed by atoms with Crippen molar-refractivity contribution in [3.8, 4) is 33.9 Å². The Kier molecular flexibility index (Phi) is 8.45. The molecule has 266 valence electrons. The van der Waals surface area contributed by atoms with Gasteiger partial charge in [-0.15, -0.1) is 0 Å². The number of benzene rings is 6. The van der Waals surface area contributed by atoms with Crippen LogP contribution in [0.5, 0.6) is 0 Å². The Bertz CT molecular complexity index is 2850. The molecule has 1 atom stereocenters. The fraction of sp³-hybridized carbons (Fsp3) is 0.0588. The first kappa shape index (κ1) is 33.3. The van der Waals surface area contributed by atoms with E-state index < -0.39 is 0 Å². The van der Waals surface area contributed by atoms with E-state index in [4.69, 9.17) is 24.7 Å². The monoisotopic (exact) mass is 720 g/mol. The number of aromatic nitrogens is 4. The summed E-state index contributed by atoms with van der Waals surface area (Å²) >= 11 is 0. The number of hydrogen-bond donors (Lipinski definition) is 0. The molecule has 56 heavy (non-hydrogen) atoms. The normalized spacial score (nSPS) is 16.2. The van der Waals surface area contributed by atoms with Gasteiger partial charge < -0.3 is 4.74 Å². The standard InChI is InChI=1S/C51H36N4O/c1-33-39(51-54-49(34-14-4-2-5-15-34)53-50(55-51)35-16-6-3-7-17-35)18-12-13-29-56-48-28-25-37(31-45(33)48)47-27-24-38(32-52-47)36-23-26-44-42-21-9-8-19-40(42)41-20-10-11-22-43(41)46(44)30-36/h2-24,26-28,30-32,37H,1,25,29H2/b13-12-,39-18?. The molecule has 3 heterocycles. The molecule has 5 heteroatoms. The van der Waals surface area contributed by atoms with Crippen molar-refractivity contribution in [3.05, 3.63) is 211 Å². The summed E-state index contributed by atoms with van der Waals surface area (Å²) in [5, 5.41) is 7.59. The zero-order chi connectivity index (χ0) is 37.4. The number of rotatable bonds is 5. The lowest BCUT2D eigenvalue weighted by molar-refractivity contribution is 0.254. The molecule has 0 bridgehead atoms. The third-order valence-electron chi connectivity index (χ3n) is 10.8. The third kappa shape index (κ3) is 6.09. The summed E-state index contributed by atoms with van der Waals surface area (Å²) in [6, 6.07) is 48.5. The zero-order valence-corrected chi connectivity index (χ0v) is 30.6. The van der Waals surface area contributed by atoms with Crippen molar-refractivity contribution in [1.82, 2.24) is 19.9 Å². The van der Waals surface area contributed by atoms with Crippen LogP contribution in [-0.4, -0.2) is 26.5 Å². The Balaban J connectivity index is 1.00. The van der Waals surface area contributed by atoms with E-state index in [-0.39, 0.29) is 5.92 Å². The highest BCUT2D eigenvalue weighted by molar-refractivity contribution is 6.25. The van der Waals surface area contributed by atoms with Gasteiger partial charge in [0.05, 0.1) is 0 Å². The number of ether oxygens (including phenoxy) is 1. The smallest absolute Gasteiger partial charge is 0.164 e. The van der Waals surface area contributed by atoms with Crippen molar-refractivity contribution in [3.63, 3.8) is 0 Å². The van der Waals surface area contributed by atoms with Crippen LogP contribution in [0.1, 0.15) is 23.9 Å². The quantitative estimate of drug-likeness (QED) is 0.166. The van der Waals surface area contributed by atoms with Crippen LogP contribution in [0.15, 0.2) is 200 Å². The molecule has 0 amide bonds. The molecule has 1 unspecified atom stereocenters. The summed E-state index contributed by atoms with van der Waals surface area (Å²) in [6.45, 7) is 5.08. The number of pyridine rings is 1. The molecule has 0 saturated carbocycles. The minimum atomic E-state index is 0.0307. The van der Waals surface area contributed by atoms with Crippen LogP contribution in [0.25, 0.3) is 71.8 Å². The van der Waals surface area contributed by atoms with E-state index in [0.717, 1.165) is 56.8 Å². The minimum absolute atomic E-state index is 0.0307. The van der Waals surface area contributed by atoms with Crippen molar-refractivity contribution < 1.29 is 4.74 Å². The first-order chi connectivity index (χ1) is 27.7. The molecule has 0 fully saturated rings. The molecule has 0 spiro atoms. The van der Waals surface area contributed by atoms with Crippen molar-refractivity contribution in [2.45, 2.75) is 12.3 Å². The first-order valence-corrected chi connectivity index (χ1v) is 19.0. The van der Waals surface area contributed by atoms with E-state index in [2.05, 4.69) is 97.6 Å². The van der Waals surface area contributed by atoms with E-state index in [9.17, 15) is 0 Å². The first-order valence-electron chi connectivity index (χ1n) is 19.0. The van der Waals surface area contributed by atoms with Crippen molar-refractivity contribution >= 4 is 37.9 Å². The van der Waals surface area contributed by atoms with E-state index in [0.29, 0.717) is 24.1 Å². The Morgan fingerprint density at radius 3 is 1.73 bits per heavy atom. The van der Waals surface area contributed by atoms with Gasteiger partial charge in [0.2, 0.25) is 0 Å². The topological polar surface area (TPSA) is 60.8 Å². The van der Waals surface area contributed by atoms with E-state index >= 15 is 0 Å². The highest BCUT2D eigenvalue weighted by Gasteiger charge is 2.25. The maximum absolute atomic E-state index is 6.30. The molecule has 0 saturated heterocycles. The predicted octanol–water partition coefficient (Wildman–Crippen LogP) is 12.3. The zero-order valence-electron chi connectivity index (χ0n) is 30.6. The predicted molar refractivity (Wildman–Crippen MR) is 229 cm³/mol. The highest BCUT2D eigenvalue weighted by atomic mass is 16.5. The summed E-state index contributed by atoms with van der Waals surface area (Å²) in [7, 11) is 0.